The zero-order valence-electron chi connectivity index (χ0n) is 7.36. The Hall–Kier alpha value is -0.700. The number of hydrogen-bond donors (Lipinski definition) is 1. The van der Waals surface area contributed by atoms with Gasteiger partial charge in [-0.1, -0.05) is 12.2 Å². The van der Waals surface area contributed by atoms with Crippen LogP contribution in [-0.2, 0) is 9.53 Å². The Morgan fingerprint density at radius 1 is 1.42 bits per heavy atom. The van der Waals surface area contributed by atoms with Gasteiger partial charge in [-0.25, -0.2) is 10.9 Å². The van der Waals surface area contributed by atoms with Crippen LogP contribution in [0, 0.1) is 0 Å². The van der Waals surface area contributed by atoms with E-state index >= 15 is 0 Å². The van der Waals surface area contributed by atoms with Gasteiger partial charge >= 0.3 is 5.97 Å². The second-order valence-electron chi connectivity index (χ2n) is 2.89. The van der Waals surface area contributed by atoms with Crippen molar-refractivity contribution >= 4 is 16.9 Å². The van der Waals surface area contributed by atoms with Crippen LogP contribution in [0.5, 0.6) is 0 Å². The first-order valence-electron chi connectivity index (χ1n) is 3.98. The van der Waals surface area contributed by atoms with Crippen molar-refractivity contribution < 1.29 is 9.53 Å². The summed E-state index contributed by atoms with van der Waals surface area (Å²) in [6, 6.07) is 0. The minimum atomic E-state index is -0.351. The van der Waals surface area contributed by atoms with E-state index in [4.69, 9.17) is 4.74 Å². The van der Waals surface area contributed by atoms with Crippen LogP contribution in [0.25, 0.3) is 0 Å². The number of carbonyl (C=O) groups excluding carboxylic acids is 1. The van der Waals surface area contributed by atoms with Crippen molar-refractivity contribution in [3.63, 3.8) is 0 Å². The molecule has 0 atom stereocenters. The first-order valence-corrected chi connectivity index (χ1v) is 5.65. The fraction of sp³-hybridized carbons (Fsp3) is 0.444. The predicted molar refractivity (Wildman–Crippen MR) is 53.4 cm³/mol. The summed E-state index contributed by atoms with van der Waals surface area (Å²) in [6.07, 6.45) is 3.96. The van der Waals surface area contributed by atoms with E-state index < -0.39 is 0 Å². The molecule has 12 heavy (non-hydrogen) atoms. The fourth-order valence-electron chi connectivity index (χ4n) is 0.925. The first-order chi connectivity index (χ1) is 5.68. The molecule has 1 rings (SSSR count). The summed E-state index contributed by atoms with van der Waals surface area (Å²) >= 11 is 0. The molecule has 0 bridgehead atoms. The minimum Gasteiger partial charge on any atom is -0.462 e. The largest absolute Gasteiger partial charge is 0.462 e. The third-order valence-corrected chi connectivity index (χ3v) is 3.08. The van der Waals surface area contributed by atoms with Gasteiger partial charge in [0, 0.05) is 0 Å². The van der Waals surface area contributed by atoms with Gasteiger partial charge in [0.1, 0.15) is 0 Å². The molecule has 1 aliphatic rings. The lowest BCUT2D eigenvalue weighted by Gasteiger charge is -2.11. The summed E-state index contributed by atoms with van der Waals surface area (Å²) in [6.45, 7) is 3.73. The molecule has 0 saturated carbocycles. The predicted octanol–water partition coefficient (Wildman–Crippen LogP) is 1.98. The summed E-state index contributed by atoms with van der Waals surface area (Å²) in [4.78, 5) is 11.1. The fourth-order valence-corrected chi connectivity index (χ4v) is 2.25. The SMILES string of the molecule is CC(C)OC(=O)C[SH]1C=CC=C1. The summed E-state index contributed by atoms with van der Waals surface area (Å²) in [5.41, 5.74) is 0. The molecule has 0 spiro atoms. The van der Waals surface area contributed by atoms with E-state index in [1.807, 2.05) is 26.0 Å². The van der Waals surface area contributed by atoms with Crippen LogP contribution in [-0.4, -0.2) is 17.8 Å². The highest BCUT2D eigenvalue weighted by molar-refractivity contribution is 8.22. The van der Waals surface area contributed by atoms with Gasteiger partial charge in [-0.15, -0.1) is 0 Å². The van der Waals surface area contributed by atoms with Crippen molar-refractivity contribution in [3.05, 3.63) is 23.0 Å². The Balaban J connectivity index is 2.26. The van der Waals surface area contributed by atoms with E-state index in [9.17, 15) is 4.79 Å². The van der Waals surface area contributed by atoms with Crippen LogP contribution < -0.4 is 0 Å². The van der Waals surface area contributed by atoms with E-state index in [1.54, 1.807) is 0 Å². The molecule has 0 N–H and O–H groups in total. The molecule has 0 aromatic carbocycles. The van der Waals surface area contributed by atoms with E-state index in [1.165, 1.54) is 0 Å². The molecular weight excluding hydrogens is 172 g/mol. The quantitative estimate of drug-likeness (QED) is 0.539. The summed E-state index contributed by atoms with van der Waals surface area (Å²) in [7, 11) is -0.351. The number of rotatable bonds is 3. The maximum absolute atomic E-state index is 11.1. The number of hydrogen-bond acceptors (Lipinski definition) is 2. The molecule has 0 unspecified atom stereocenters. The molecule has 0 aromatic rings. The molecule has 0 amide bonds. The van der Waals surface area contributed by atoms with E-state index in [2.05, 4.69) is 10.8 Å². The molecule has 2 nitrogen and oxygen atoms in total. The normalized spacial score (nSPS) is 17.4. The average molecular weight is 186 g/mol. The minimum absolute atomic E-state index is 0.00284. The molecule has 0 aliphatic carbocycles. The highest BCUT2D eigenvalue weighted by atomic mass is 32.2. The zero-order chi connectivity index (χ0) is 8.97. The molecule has 1 heterocycles. The third-order valence-electron chi connectivity index (χ3n) is 1.35. The maximum Gasteiger partial charge on any atom is 0.314 e. The van der Waals surface area contributed by atoms with Crippen molar-refractivity contribution in [2.75, 3.05) is 5.75 Å². The number of esters is 1. The van der Waals surface area contributed by atoms with E-state index in [0.717, 1.165) is 0 Å². The van der Waals surface area contributed by atoms with Crippen LogP contribution in [0.1, 0.15) is 13.8 Å². The smallest absolute Gasteiger partial charge is 0.314 e. The number of ether oxygens (including phenoxy) is 1. The van der Waals surface area contributed by atoms with Gasteiger partial charge in [0.25, 0.3) is 0 Å². The Labute approximate surface area is 75.6 Å². The standard InChI is InChI=1S/C9H14O2S/c1-8(2)11-9(10)7-12-5-3-4-6-12/h3-6,8,12H,7H2,1-2H3. The summed E-state index contributed by atoms with van der Waals surface area (Å²) in [5, 5.41) is 4.13. The Morgan fingerprint density at radius 2 is 2.00 bits per heavy atom. The molecule has 0 radical (unpaired) electrons. The lowest BCUT2D eigenvalue weighted by molar-refractivity contribution is -0.144. The molecule has 0 saturated heterocycles. The van der Waals surface area contributed by atoms with E-state index in [0.29, 0.717) is 5.75 Å². The molecule has 68 valence electrons. The van der Waals surface area contributed by atoms with Crippen molar-refractivity contribution in [1.82, 2.24) is 0 Å². The van der Waals surface area contributed by atoms with Crippen molar-refractivity contribution in [2.45, 2.75) is 20.0 Å². The number of carbonyl (C=O) groups is 1. The topological polar surface area (TPSA) is 26.3 Å². The van der Waals surface area contributed by atoms with Crippen molar-refractivity contribution in [3.8, 4) is 0 Å². The monoisotopic (exact) mass is 186 g/mol. The van der Waals surface area contributed by atoms with Gasteiger partial charge in [-0.2, -0.15) is 0 Å². The summed E-state index contributed by atoms with van der Waals surface area (Å²) < 4.78 is 5.02. The maximum atomic E-state index is 11.1. The van der Waals surface area contributed by atoms with Crippen LogP contribution in [0.3, 0.4) is 0 Å². The molecular formula is C9H14O2S. The lowest BCUT2D eigenvalue weighted by atomic mass is 10.5. The van der Waals surface area contributed by atoms with Crippen LogP contribution in [0.15, 0.2) is 23.0 Å². The Morgan fingerprint density at radius 3 is 2.50 bits per heavy atom. The van der Waals surface area contributed by atoms with Crippen LogP contribution in [0.2, 0.25) is 0 Å². The highest BCUT2D eigenvalue weighted by Crippen LogP contribution is 2.32. The summed E-state index contributed by atoms with van der Waals surface area (Å²) in [5.74, 6) is 0.438. The van der Waals surface area contributed by atoms with Crippen LogP contribution in [0.4, 0.5) is 0 Å². The third kappa shape index (κ3) is 3.13. The average Bonchev–Trinajstić information content (AvgIpc) is 2.37. The molecule has 3 heteroatoms. The zero-order valence-corrected chi connectivity index (χ0v) is 8.25. The first kappa shape index (κ1) is 9.39. The van der Waals surface area contributed by atoms with Gasteiger partial charge in [0.15, 0.2) is 0 Å². The van der Waals surface area contributed by atoms with Gasteiger partial charge in [-0.3, -0.25) is 4.79 Å². The van der Waals surface area contributed by atoms with Crippen molar-refractivity contribution in [1.29, 1.82) is 0 Å². The van der Waals surface area contributed by atoms with Gasteiger partial charge in [0.05, 0.1) is 11.9 Å². The molecule has 0 aromatic heterocycles. The molecule has 0 fully saturated rings. The van der Waals surface area contributed by atoms with Gasteiger partial charge < -0.3 is 4.74 Å². The van der Waals surface area contributed by atoms with Gasteiger partial charge in [-0.05, 0) is 24.7 Å². The number of allylic oxidation sites excluding steroid dienone is 2. The highest BCUT2D eigenvalue weighted by Gasteiger charge is 2.09. The van der Waals surface area contributed by atoms with Gasteiger partial charge in [0.2, 0.25) is 0 Å². The second-order valence-corrected chi connectivity index (χ2v) is 4.83. The molecule has 1 aliphatic heterocycles. The second kappa shape index (κ2) is 4.36. The van der Waals surface area contributed by atoms with Crippen LogP contribution >= 0.6 is 10.9 Å². The Bertz CT molecular complexity index is 207. The van der Waals surface area contributed by atoms with Crippen molar-refractivity contribution in [2.24, 2.45) is 0 Å². The number of thiol groups is 1. The lowest BCUT2D eigenvalue weighted by Crippen LogP contribution is -2.14. The van der Waals surface area contributed by atoms with E-state index in [-0.39, 0.29) is 23.0 Å². The Kier molecular flexibility index (Phi) is 3.41.